The molecule has 0 radical (unpaired) electrons. The summed E-state index contributed by atoms with van der Waals surface area (Å²) >= 11 is 0. The zero-order valence-corrected chi connectivity index (χ0v) is 12.6. The van der Waals surface area contributed by atoms with E-state index in [9.17, 15) is 4.39 Å². The molecule has 0 amide bonds. The summed E-state index contributed by atoms with van der Waals surface area (Å²) in [7, 11) is 0. The zero-order valence-electron chi connectivity index (χ0n) is 12.6. The lowest BCUT2D eigenvalue weighted by Crippen LogP contribution is -2.25. The van der Waals surface area contributed by atoms with Crippen LogP contribution in [0.2, 0.25) is 0 Å². The van der Waals surface area contributed by atoms with Crippen LogP contribution in [-0.4, -0.2) is 18.0 Å². The summed E-state index contributed by atoms with van der Waals surface area (Å²) in [6.45, 7) is 5.91. The monoisotopic (exact) mass is 278 g/mol. The molecule has 0 spiro atoms. The molecule has 1 aromatic carbocycles. The molecular weight excluding hydrogens is 251 g/mol. The number of benzene rings is 1. The van der Waals surface area contributed by atoms with Crippen molar-refractivity contribution in [2.45, 2.75) is 52.1 Å². The van der Waals surface area contributed by atoms with E-state index in [0.717, 1.165) is 31.1 Å². The maximum absolute atomic E-state index is 13.2. The van der Waals surface area contributed by atoms with Gasteiger partial charge in [0.2, 0.25) is 0 Å². The van der Waals surface area contributed by atoms with Crippen LogP contribution in [0.1, 0.15) is 50.2 Å². The third-order valence-corrected chi connectivity index (χ3v) is 4.42. The molecular formula is C17H27FN2. The van der Waals surface area contributed by atoms with Gasteiger partial charge in [-0.1, -0.05) is 25.8 Å². The van der Waals surface area contributed by atoms with E-state index >= 15 is 0 Å². The third-order valence-electron chi connectivity index (χ3n) is 4.42. The van der Waals surface area contributed by atoms with Crippen LogP contribution >= 0.6 is 0 Å². The van der Waals surface area contributed by atoms with Gasteiger partial charge in [0.15, 0.2) is 0 Å². The molecule has 0 aromatic heterocycles. The first-order valence-corrected chi connectivity index (χ1v) is 7.92. The Morgan fingerprint density at radius 3 is 2.85 bits per heavy atom. The van der Waals surface area contributed by atoms with Crippen LogP contribution in [0.3, 0.4) is 0 Å². The Morgan fingerprint density at radius 1 is 1.25 bits per heavy atom. The summed E-state index contributed by atoms with van der Waals surface area (Å²) < 4.78 is 13.2. The van der Waals surface area contributed by atoms with E-state index in [1.54, 1.807) is 12.1 Å². The maximum atomic E-state index is 13.2. The van der Waals surface area contributed by atoms with Gasteiger partial charge in [-0.15, -0.1) is 0 Å². The number of rotatable bonds is 5. The fraction of sp³-hybridized carbons (Fsp3) is 0.647. The Balaban J connectivity index is 1.96. The van der Waals surface area contributed by atoms with E-state index in [2.05, 4.69) is 11.8 Å². The Bertz CT molecular complexity index is 419. The van der Waals surface area contributed by atoms with Crippen molar-refractivity contribution in [3.63, 3.8) is 0 Å². The number of likely N-dealkylation sites (tertiary alicyclic amines) is 1. The Hall–Kier alpha value is -0.930. The Morgan fingerprint density at radius 2 is 2.10 bits per heavy atom. The van der Waals surface area contributed by atoms with Gasteiger partial charge < -0.3 is 5.73 Å². The highest BCUT2D eigenvalue weighted by Gasteiger charge is 2.17. The minimum Gasteiger partial charge on any atom is -0.326 e. The molecule has 1 aromatic rings. The van der Waals surface area contributed by atoms with E-state index in [-0.39, 0.29) is 5.82 Å². The standard InChI is InChI=1S/C17H27FN2/c1-2-4-14-5-3-9-20(10-8-14)13-15-6-7-17(18)11-16(15)12-19/h6-7,11,14H,2-5,8-10,12-13,19H2,1H3. The van der Waals surface area contributed by atoms with Gasteiger partial charge >= 0.3 is 0 Å². The van der Waals surface area contributed by atoms with Gasteiger partial charge in [-0.3, -0.25) is 4.90 Å². The van der Waals surface area contributed by atoms with Crippen LogP contribution in [0.5, 0.6) is 0 Å². The highest BCUT2D eigenvalue weighted by molar-refractivity contribution is 5.27. The van der Waals surface area contributed by atoms with E-state index in [1.807, 2.05) is 6.07 Å². The van der Waals surface area contributed by atoms with Gasteiger partial charge in [0.05, 0.1) is 0 Å². The highest BCUT2D eigenvalue weighted by Crippen LogP contribution is 2.23. The minimum atomic E-state index is -0.187. The maximum Gasteiger partial charge on any atom is 0.123 e. The van der Waals surface area contributed by atoms with E-state index in [0.29, 0.717) is 6.54 Å². The van der Waals surface area contributed by atoms with Crippen molar-refractivity contribution in [2.24, 2.45) is 11.7 Å². The van der Waals surface area contributed by atoms with E-state index in [1.165, 1.54) is 37.7 Å². The topological polar surface area (TPSA) is 29.3 Å². The van der Waals surface area contributed by atoms with Crippen molar-refractivity contribution < 1.29 is 4.39 Å². The second-order valence-corrected chi connectivity index (χ2v) is 5.98. The molecule has 112 valence electrons. The van der Waals surface area contributed by atoms with Gasteiger partial charge in [-0.2, -0.15) is 0 Å². The smallest absolute Gasteiger partial charge is 0.123 e. The van der Waals surface area contributed by atoms with Crippen molar-refractivity contribution >= 4 is 0 Å². The second kappa shape index (κ2) is 7.75. The van der Waals surface area contributed by atoms with Gasteiger partial charge in [0.25, 0.3) is 0 Å². The lowest BCUT2D eigenvalue weighted by molar-refractivity contribution is 0.270. The number of nitrogens with two attached hydrogens (primary N) is 1. The fourth-order valence-corrected chi connectivity index (χ4v) is 3.26. The molecule has 1 atom stereocenters. The van der Waals surface area contributed by atoms with Crippen molar-refractivity contribution in [3.8, 4) is 0 Å². The molecule has 1 heterocycles. The van der Waals surface area contributed by atoms with Crippen LogP contribution in [0, 0.1) is 11.7 Å². The quantitative estimate of drug-likeness (QED) is 0.890. The van der Waals surface area contributed by atoms with Crippen LogP contribution < -0.4 is 5.73 Å². The highest BCUT2D eigenvalue weighted by atomic mass is 19.1. The first-order valence-electron chi connectivity index (χ1n) is 7.92. The van der Waals surface area contributed by atoms with Gasteiger partial charge in [0.1, 0.15) is 5.82 Å². The number of hydrogen-bond acceptors (Lipinski definition) is 2. The Kier molecular flexibility index (Phi) is 5.99. The molecule has 1 aliphatic heterocycles. The molecule has 1 aliphatic rings. The number of nitrogens with zero attached hydrogens (tertiary/aromatic N) is 1. The van der Waals surface area contributed by atoms with Gasteiger partial charge in [-0.25, -0.2) is 4.39 Å². The normalized spacial score (nSPS) is 20.9. The molecule has 1 saturated heterocycles. The molecule has 3 heteroatoms. The molecule has 20 heavy (non-hydrogen) atoms. The first kappa shape index (κ1) is 15.5. The van der Waals surface area contributed by atoms with E-state index < -0.39 is 0 Å². The molecule has 2 rings (SSSR count). The third kappa shape index (κ3) is 4.29. The van der Waals surface area contributed by atoms with Crippen molar-refractivity contribution in [2.75, 3.05) is 13.1 Å². The van der Waals surface area contributed by atoms with Crippen LogP contribution in [0.15, 0.2) is 18.2 Å². The van der Waals surface area contributed by atoms with Gasteiger partial charge in [0, 0.05) is 13.1 Å². The number of halogens is 1. The lowest BCUT2D eigenvalue weighted by Gasteiger charge is -2.21. The predicted molar refractivity (Wildman–Crippen MR) is 81.8 cm³/mol. The molecule has 1 fully saturated rings. The second-order valence-electron chi connectivity index (χ2n) is 5.98. The van der Waals surface area contributed by atoms with Gasteiger partial charge in [-0.05, 0) is 61.5 Å². The van der Waals surface area contributed by atoms with Crippen LogP contribution in [0.4, 0.5) is 4.39 Å². The summed E-state index contributed by atoms with van der Waals surface area (Å²) in [6.07, 6.45) is 6.59. The first-order chi connectivity index (χ1) is 9.72. The van der Waals surface area contributed by atoms with Crippen molar-refractivity contribution in [3.05, 3.63) is 35.1 Å². The summed E-state index contributed by atoms with van der Waals surface area (Å²) in [5, 5.41) is 0. The molecule has 2 N–H and O–H groups in total. The molecule has 2 nitrogen and oxygen atoms in total. The summed E-state index contributed by atoms with van der Waals surface area (Å²) in [4.78, 5) is 2.50. The van der Waals surface area contributed by atoms with Crippen LogP contribution in [-0.2, 0) is 13.1 Å². The predicted octanol–water partition coefficient (Wildman–Crippen LogP) is 3.69. The lowest BCUT2D eigenvalue weighted by atomic mass is 9.96. The fourth-order valence-electron chi connectivity index (χ4n) is 3.26. The minimum absolute atomic E-state index is 0.187. The molecule has 0 aliphatic carbocycles. The zero-order chi connectivity index (χ0) is 14.4. The molecule has 0 saturated carbocycles. The average Bonchev–Trinajstić information content (AvgIpc) is 2.67. The summed E-state index contributed by atoms with van der Waals surface area (Å²) in [5.74, 6) is 0.709. The van der Waals surface area contributed by atoms with Crippen LogP contribution in [0.25, 0.3) is 0 Å². The number of hydrogen-bond donors (Lipinski definition) is 1. The molecule has 0 bridgehead atoms. The van der Waals surface area contributed by atoms with Crippen molar-refractivity contribution in [1.29, 1.82) is 0 Å². The van der Waals surface area contributed by atoms with E-state index in [4.69, 9.17) is 5.73 Å². The summed E-state index contributed by atoms with van der Waals surface area (Å²) in [6, 6.07) is 5.02. The Labute approximate surface area is 122 Å². The summed E-state index contributed by atoms with van der Waals surface area (Å²) in [5.41, 5.74) is 7.86. The SMILES string of the molecule is CCCC1CCCN(Cc2ccc(F)cc2CN)CC1. The largest absolute Gasteiger partial charge is 0.326 e. The average molecular weight is 278 g/mol. The van der Waals surface area contributed by atoms with Crippen molar-refractivity contribution in [1.82, 2.24) is 4.90 Å². The molecule has 1 unspecified atom stereocenters.